The number of alkyl carbamates (subject to hydrolysis) is 1. The number of carbonyl (C=O) groups is 4. The van der Waals surface area contributed by atoms with Crippen LogP contribution in [0.4, 0.5) is 18.0 Å². The molecule has 0 radical (unpaired) electrons. The minimum Gasteiger partial charge on any atom is -0.490 e. The molecule has 2 saturated carbocycles. The van der Waals surface area contributed by atoms with Crippen molar-refractivity contribution >= 4 is 44.7 Å². The third kappa shape index (κ3) is 9.31. The van der Waals surface area contributed by atoms with Crippen LogP contribution in [0, 0.1) is 11.8 Å². The number of aryl methyl sites for hydroxylation is 1. The fourth-order valence-corrected chi connectivity index (χ4v) is 10.5. The van der Waals surface area contributed by atoms with Crippen LogP contribution in [-0.2, 0) is 46.5 Å². The molecule has 2 aromatic rings. The second-order valence-corrected chi connectivity index (χ2v) is 21.0. The van der Waals surface area contributed by atoms with E-state index in [9.17, 15) is 40.8 Å². The second kappa shape index (κ2) is 17.0. The van der Waals surface area contributed by atoms with Gasteiger partial charge in [0, 0.05) is 36.1 Å². The number of aromatic nitrogens is 1. The van der Waals surface area contributed by atoms with Gasteiger partial charge in [0.15, 0.2) is 11.4 Å². The number of pyridine rings is 1. The standard InChI is InChI=1S/C44H56F3N5O10S/c1-26(2)24-60-40(56)49-33-10-8-6-4-5-7-9-27-22-43(27,39(55)51-63(57,58)41(3)17-18-41)50-37(53)34-23-42(25-52(34)38(33)54)16-13-30-31-21-29(61-28-14-19-59-20-15-28)11-12-32(31)48-36(35(30)62-42)44(45,46)47/h7,9,11-12,21,26-28,33-34H,4-6,8,10,13-20,22-25H2,1-3H3,(H,49,56)(H,50,53)(H,51,55)/b9-7-/t27-,33+,34+,42-,43-/m1/s1. The van der Waals surface area contributed by atoms with E-state index in [1.165, 1.54) is 17.9 Å². The number of nitrogens with one attached hydrogen (secondary N) is 3. The Morgan fingerprint density at radius 3 is 2.54 bits per heavy atom. The molecule has 15 nitrogen and oxygen atoms in total. The Morgan fingerprint density at radius 1 is 1.06 bits per heavy atom. The summed E-state index contributed by atoms with van der Waals surface area (Å²) in [5.41, 5.74) is -4.10. The first-order valence-electron chi connectivity index (χ1n) is 22.1. The van der Waals surface area contributed by atoms with E-state index in [-0.39, 0.29) is 68.4 Å². The highest BCUT2D eigenvalue weighted by Crippen LogP contribution is 2.51. The Hall–Kier alpha value is -4.65. The number of amides is 4. The van der Waals surface area contributed by atoms with Gasteiger partial charge in [-0.15, -0.1) is 0 Å². The first kappa shape index (κ1) is 44.9. The summed E-state index contributed by atoms with van der Waals surface area (Å²) < 4.78 is 96.0. The van der Waals surface area contributed by atoms with Crippen LogP contribution < -0.4 is 24.8 Å². The Morgan fingerprint density at radius 2 is 1.83 bits per heavy atom. The minimum atomic E-state index is -4.94. The highest BCUT2D eigenvalue weighted by molar-refractivity contribution is 7.91. The van der Waals surface area contributed by atoms with Crippen LogP contribution in [0.2, 0.25) is 0 Å². The molecule has 5 heterocycles. The highest BCUT2D eigenvalue weighted by atomic mass is 32.2. The Kier molecular flexibility index (Phi) is 12.2. The normalized spacial score (nSPS) is 29.3. The maximum Gasteiger partial charge on any atom is 0.437 e. The van der Waals surface area contributed by atoms with Gasteiger partial charge in [-0.05, 0) is 82.4 Å². The monoisotopic (exact) mass is 903 g/mol. The van der Waals surface area contributed by atoms with Gasteiger partial charge in [0.1, 0.15) is 35.1 Å². The van der Waals surface area contributed by atoms with Crippen molar-refractivity contribution in [3.05, 3.63) is 41.6 Å². The van der Waals surface area contributed by atoms with Crippen molar-refractivity contribution in [3.63, 3.8) is 0 Å². The summed E-state index contributed by atoms with van der Waals surface area (Å²) in [4.78, 5) is 61.9. The number of fused-ring (bicyclic) bond motifs is 5. The van der Waals surface area contributed by atoms with Crippen molar-refractivity contribution in [1.82, 2.24) is 25.2 Å². The zero-order valence-electron chi connectivity index (χ0n) is 35.8. The molecule has 0 unspecified atom stereocenters. The Labute approximate surface area is 364 Å². The molecular weight excluding hydrogens is 848 g/mol. The topological polar surface area (TPSA) is 192 Å². The van der Waals surface area contributed by atoms with E-state index in [4.69, 9.17) is 18.9 Å². The largest absolute Gasteiger partial charge is 0.490 e. The number of benzene rings is 1. The molecule has 5 atom stereocenters. The number of allylic oxidation sites excluding steroid dienone is 1. The van der Waals surface area contributed by atoms with E-state index < -0.39 is 85.3 Å². The Bertz CT molecular complexity index is 2280. The second-order valence-electron chi connectivity index (χ2n) is 18.8. The maximum absolute atomic E-state index is 15.0. The summed E-state index contributed by atoms with van der Waals surface area (Å²) >= 11 is 0. The molecule has 2 aliphatic carbocycles. The summed E-state index contributed by atoms with van der Waals surface area (Å²) in [6, 6.07) is 2.17. The molecule has 4 aliphatic heterocycles. The van der Waals surface area contributed by atoms with E-state index >= 15 is 0 Å². The van der Waals surface area contributed by atoms with E-state index in [0.29, 0.717) is 75.7 Å². The van der Waals surface area contributed by atoms with Gasteiger partial charge < -0.3 is 34.5 Å². The molecule has 6 aliphatic rings. The van der Waals surface area contributed by atoms with Crippen molar-refractivity contribution < 1.29 is 59.7 Å². The fourth-order valence-electron chi connectivity index (χ4n) is 9.19. The van der Waals surface area contributed by atoms with Gasteiger partial charge in [-0.1, -0.05) is 38.8 Å². The molecule has 1 aromatic carbocycles. The van der Waals surface area contributed by atoms with Gasteiger partial charge in [-0.2, -0.15) is 13.2 Å². The van der Waals surface area contributed by atoms with Crippen molar-refractivity contribution in [2.75, 3.05) is 26.4 Å². The van der Waals surface area contributed by atoms with Crippen LogP contribution >= 0.6 is 0 Å². The van der Waals surface area contributed by atoms with Gasteiger partial charge in [0.05, 0.1) is 36.6 Å². The third-order valence-corrected chi connectivity index (χ3v) is 15.5. The number of carbonyl (C=O) groups excluding carboxylic acids is 4. The minimum absolute atomic E-state index is 0.00229. The average molecular weight is 904 g/mol. The predicted octanol–water partition coefficient (Wildman–Crippen LogP) is 5.62. The number of hydrogen-bond donors (Lipinski definition) is 3. The number of nitrogens with zero attached hydrogens (tertiary/aromatic N) is 2. The molecular formula is C44H56F3N5O10S. The molecule has 344 valence electrons. The van der Waals surface area contributed by atoms with Gasteiger partial charge in [0.25, 0.3) is 5.91 Å². The Balaban J connectivity index is 1.15. The number of ether oxygens (including phenoxy) is 4. The molecule has 1 aromatic heterocycles. The van der Waals surface area contributed by atoms with Crippen LogP contribution in [0.15, 0.2) is 30.4 Å². The smallest absolute Gasteiger partial charge is 0.437 e. The quantitative estimate of drug-likeness (QED) is 0.279. The van der Waals surface area contributed by atoms with Gasteiger partial charge >= 0.3 is 12.3 Å². The molecule has 3 N–H and O–H groups in total. The lowest BCUT2D eigenvalue weighted by molar-refractivity contribution is -0.144. The van der Waals surface area contributed by atoms with Crippen molar-refractivity contribution in [1.29, 1.82) is 0 Å². The molecule has 0 bridgehead atoms. The van der Waals surface area contributed by atoms with Gasteiger partial charge in [-0.3, -0.25) is 19.1 Å². The molecule has 8 rings (SSSR count). The SMILES string of the molecule is CC(C)COC(=O)N[C@H]1CCCCC/C=C\[C@@H]2C[C@@]2(C(=O)NS(=O)(=O)C2(C)CC2)NC(=O)[C@@H]2C[C@]3(CCc4c(c(C(F)(F)F)nc5ccc(OC6CCOCC6)cc45)O3)CN2C1=O. The third-order valence-electron chi connectivity index (χ3n) is 13.4. The molecule has 4 amide bonds. The summed E-state index contributed by atoms with van der Waals surface area (Å²) in [6.07, 6.45) is 2.47. The average Bonchev–Trinajstić information content (AvgIpc) is 4.13. The summed E-state index contributed by atoms with van der Waals surface area (Å²) in [5.74, 6) is -3.00. The maximum atomic E-state index is 15.0. The predicted molar refractivity (Wildman–Crippen MR) is 222 cm³/mol. The first-order valence-corrected chi connectivity index (χ1v) is 23.6. The summed E-state index contributed by atoms with van der Waals surface area (Å²) in [5, 5.41) is 5.90. The lowest BCUT2D eigenvalue weighted by Gasteiger charge is -2.37. The number of halogens is 3. The van der Waals surface area contributed by atoms with E-state index in [1.807, 2.05) is 19.9 Å². The molecule has 63 heavy (non-hydrogen) atoms. The van der Waals surface area contributed by atoms with Gasteiger partial charge in [-0.25, -0.2) is 18.2 Å². The number of sulfonamides is 1. The lowest BCUT2D eigenvalue weighted by Crippen LogP contribution is -2.58. The molecule has 1 spiro atoms. The van der Waals surface area contributed by atoms with Crippen LogP contribution in [-0.4, -0.2) is 103 Å². The molecule has 19 heteroatoms. The molecule has 2 saturated heterocycles. The summed E-state index contributed by atoms with van der Waals surface area (Å²) in [7, 11) is -4.10. The zero-order valence-corrected chi connectivity index (χ0v) is 36.6. The number of alkyl halides is 3. The van der Waals surface area contributed by atoms with Gasteiger partial charge in [0.2, 0.25) is 21.8 Å². The zero-order chi connectivity index (χ0) is 45.0. The number of hydrogen-bond acceptors (Lipinski definition) is 11. The van der Waals surface area contributed by atoms with Crippen molar-refractivity contribution in [2.45, 2.75) is 144 Å². The number of rotatable bonds is 8. The van der Waals surface area contributed by atoms with Crippen molar-refractivity contribution in [2.24, 2.45) is 11.8 Å². The van der Waals surface area contributed by atoms with E-state index in [1.54, 1.807) is 18.2 Å². The van der Waals surface area contributed by atoms with Crippen LogP contribution in [0.1, 0.15) is 109 Å². The fraction of sp³-hybridized carbons (Fsp3) is 0.659. The van der Waals surface area contributed by atoms with E-state index in [2.05, 4.69) is 20.3 Å². The van der Waals surface area contributed by atoms with E-state index in [0.717, 1.165) is 0 Å². The summed E-state index contributed by atoms with van der Waals surface area (Å²) in [6.45, 7) is 6.06. The lowest BCUT2D eigenvalue weighted by atomic mass is 9.87. The van der Waals surface area contributed by atoms with Crippen LogP contribution in [0.3, 0.4) is 0 Å². The van der Waals surface area contributed by atoms with Crippen molar-refractivity contribution in [3.8, 4) is 11.5 Å². The van der Waals surface area contributed by atoms with Crippen LogP contribution in [0.25, 0.3) is 10.9 Å². The van der Waals surface area contributed by atoms with Crippen LogP contribution in [0.5, 0.6) is 11.5 Å². The first-order chi connectivity index (χ1) is 29.8. The molecule has 4 fully saturated rings. The highest BCUT2D eigenvalue weighted by Gasteiger charge is 2.64.